The van der Waals surface area contributed by atoms with Crippen LogP contribution in [0, 0.1) is 13.8 Å². The maximum Gasteiger partial charge on any atom is 0.220 e. The van der Waals surface area contributed by atoms with Crippen LogP contribution in [-0.2, 0) is 11.3 Å². The topological polar surface area (TPSA) is 59.8 Å². The van der Waals surface area contributed by atoms with Crippen LogP contribution < -0.4 is 5.32 Å². The van der Waals surface area contributed by atoms with Crippen LogP contribution in [0.2, 0.25) is 0 Å². The Morgan fingerprint density at radius 3 is 2.84 bits per heavy atom. The standard InChI is InChI=1S/C20H26N4O/c1-14-9-10-17(13-14)23-19(25)8-6-12-24-16(3)15(2)22-20(24)18-7-4-5-11-21-18/h4-5,7,9,11,17H,6,8,10,12-13H2,1-3H3,(H,23,25). The van der Waals surface area contributed by atoms with E-state index in [1.807, 2.05) is 25.1 Å². The van der Waals surface area contributed by atoms with Crippen LogP contribution in [0.15, 0.2) is 36.0 Å². The third kappa shape index (κ3) is 4.16. The fourth-order valence-electron chi connectivity index (χ4n) is 3.32. The van der Waals surface area contributed by atoms with E-state index in [1.54, 1.807) is 6.20 Å². The molecule has 5 heteroatoms. The Morgan fingerprint density at radius 1 is 1.32 bits per heavy atom. The van der Waals surface area contributed by atoms with Gasteiger partial charge in [0.25, 0.3) is 0 Å². The van der Waals surface area contributed by atoms with Gasteiger partial charge in [0.1, 0.15) is 5.69 Å². The number of carbonyl (C=O) groups excluding carboxylic acids is 1. The Morgan fingerprint density at radius 2 is 2.16 bits per heavy atom. The van der Waals surface area contributed by atoms with Crippen molar-refractivity contribution in [1.82, 2.24) is 19.9 Å². The van der Waals surface area contributed by atoms with Gasteiger partial charge in [-0.1, -0.05) is 17.7 Å². The van der Waals surface area contributed by atoms with Crippen molar-refractivity contribution in [2.75, 3.05) is 0 Å². The van der Waals surface area contributed by atoms with Gasteiger partial charge in [-0.2, -0.15) is 0 Å². The number of hydrogen-bond acceptors (Lipinski definition) is 3. The molecule has 1 N–H and O–H groups in total. The molecule has 0 saturated carbocycles. The first-order valence-corrected chi connectivity index (χ1v) is 8.94. The minimum atomic E-state index is 0.141. The highest BCUT2D eigenvalue weighted by molar-refractivity contribution is 5.76. The van der Waals surface area contributed by atoms with Gasteiger partial charge in [-0.15, -0.1) is 0 Å². The maximum atomic E-state index is 12.2. The van der Waals surface area contributed by atoms with E-state index in [2.05, 4.69) is 39.8 Å². The largest absolute Gasteiger partial charge is 0.353 e. The van der Waals surface area contributed by atoms with Crippen molar-refractivity contribution in [1.29, 1.82) is 0 Å². The van der Waals surface area contributed by atoms with Gasteiger partial charge in [-0.25, -0.2) is 4.98 Å². The molecule has 0 spiro atoms. The van der Waals surface area contributed by atoms with Gasteiger partial charge in [-0.3, -0.25) is 9.78 Å². The summed E-state index contributed by atoms with van der Waals surface area (Å²) >= 11 is 0. The van der Waals surface area contributed by atoms with Crippen LogP contribution in [0.5, 0.6) is 0 Å². The number of rotatable bonds is 6. The van der Waals surface area contributed by atoms with E-state index in [1.165, 1.54) is 5.57 Å². The lowest BCUT2D eigenvalue weighted by atomic mass is 10.2. The molecule has 2 heterocycles. The van der Waals surface area contributed by atoms with Crippen molar-refractivity contribution < 1.29 is 4.79 Å². The van der Waals surface area contributed by atoms with Gasteiger partial charge in [-0.05, 0) is 52.2 Å². The number of pyridine rings is 1. The molecule has 2 aromatic rings. The zero-order valence-electron chi connectivity index (χ0n) is 15.2. The zero-order chi connectivity index (χ0) is 17.8. The molecule has 0 radical (unpaired) electrons. The van der Waals surface area contributed by atoms with E-state index in [0.29, 0.717) is 6.42 Å². The minimum Gasteiger partial charge on any atom is -0.353 e. The second-order valence-electron chi connectivity index (χ2n) is 6.83. The summed E-state index contributed by atoms with van der Waals surface area (Å²) in [5.41, 5.74) is 4.39. The SMILES string of the molecule is CC1=CCC(NC(=O)CCCn2c(-c3ccccn3)nc(C)c2C)C1. The van der Waals surface area contributed by atoms with Gasteiger partial charge in [0.05, 0.1) is 5.69 Å². The predicted molar refractivity (Wildman–Crippen MR) is 99.1 cm³/mol. The summed E-state index contributed by atoms with van der Waals surface area (Å²) in [6, 6.07) is 6.13. The van der Waals surface area contributed by atoms with Crippen molar-refractivity contribution in [3.8, 4) is 11.5 Å². The van der Waals surface area contributed by atoms with Gasteiger partial charge in [0.15, 0.2) is 5.82 Å². The van der Waals surface area contributed by atoms with Crippen LogP contribution in [0.1, 0.15) is 44.0 Å². The molecule has 0 aliphatic heterocycles. The Bertz CT molecular complexity index is 776. The maximum absolute atomic E-state index is 12.2. The Kier molecular flexibility index (Phi) is 5.31. The monoisotopic (exact) mass is 338 g/mol. The quantitative estimate of drug-likeness (QED) is 0.819. The minimum absolute atomic E-state index is 0.141. The summed E-state index contributed by atoms with van der Waals surface area (Å²) in [6.07, 6.45) is 7.26. The average molecular weight is 338 g/mol. The van der Waals surface area contributed by atoms with E-state index < -0.39 is 0 Å². The highest BCUT2D eigenvalue weighted by atomic mass is 16.1. The Balaban J connectivity index is 1.59. The summed E-state index contributed by atoms with van der Waals surface area (Å²) in [4.78, 5) is 21.2. The lowest BCUT2D eigenvalue weighted by Gasteiger charge is -2.13. The van der Waals surface area contributed by atoms with Crippen molar-refractivity contribution in [3.05, 3.63) is 47.4 Å². The molecule has 1 atom stereocenters. The number of nitrogens with zero attached hydrogens (tertiary/aromatic N) is 3. The molecule has 0 aromatic carbocycles. The average Bonchev–Trinajstić information content (AvgIpc) is 3.13. The fourth-order valence-corrected chi connectivity index (χ4v) is 3.32. The van der Waals surface area contributed by atoms with Gasteiger partial charge in [0, 0.05) is 30.9 Å². The molecule has 132 valence electrons. The molecule has 3 rings (SSSR count). The number of carbonyl (C=O) groups is 1. The zero-order valence-corrected chi connectivity index (χ0v) is 15.2. The lowest BCUT2D eigenvalue weighted by molar-refractivity contribution is -0.121. The number of aromatic nitrogens is 3. The van der Waals surface area contributed by atoms with E-state index in [-0.39, 0.29) is 11.9 Å². The molecule has 0 bridgehead atoms. The molecule has 0 saturated heterocycles. The fraction of sp³-hybridized carbons (Fsp3) is 0.450. The third-order valence-corrected chi connectivity index (χ3v) is 4.82. The van der Waals surface area contributed by atoms with E-state index >= 15 is 0 Å². The van der Waals surface area contributed by atoms with E-state index in [0.717, 1.165) is 48.7 Å². The molecule has 25 heavy (non-hydrogen) atoms. The molecule has 5 nitrogen and oxygen atoms in total. The van der Waals surface area contributed by atoms with Gasteiger partial charge in [0.2, 0.25) is 5.91 Å². The number of aryl methyl sites for hydroxylation is 1. The van der Waals surface area contributed by atoms with E-state index in [9.17, 15) is 4.79 Å². The van der Waals surface area contributed by atoms with Crippen LogP contribution in [0.25, 0.3) is 11.5 Å². The number of nitrogens with one attached hydrogen (secondary N) is 1. The molecular formula is C20H26N4O. The highest BCUT2D eigenvalue weighted by Gasteiger charge is 2.17. The van der Waals surface area contributed by atoms with Crippen LogP contribution >= 0.6 is 0 Å². The molecule has 1 amide bonds. The Labute approximate surface area is 149 Å². The molecule has 1 aliphatic carbocycles. The summed E-state index contributed by atoms with van der Waals surface area (Å²) in [5.74, 6) is 1.02. The van der Waals surface area contributed by atoms with Crippen molar-refractivity contribution in [2.24, 2.45) is 0 Å². The summed E-state index contributed by atoms with van der Waals surface area (Å²) in [5, 5.41) is 3.13. The second-order valence-corrected chi connectivity index (χ2v) is 6.83. The smallest absolute Gasteiger partial charge is 0.220 e. The summed E-state index contributed by atoms with van der Waals surface area (Å²) in [6.45, 7) is 6.98. The lowest BCUT2D eigenvalue weighted by Crippen LogP contribution is -2.33. The number of hydrogen-bond donors (Lipinski definition) is 1. The third-order valence-electron chi connectivity index (χ3n) is 4.82. The number of imidazole rings is 1. The first-order valence-electron chi connectivity index (χ1n) is 8.94. The normalized spacial score (nSPS) is 16.8. The molecular weight excluding hydrogens is 312 g/mol. The summed E-state index contributed by atoms with van der Waals surface area (Å²) < 4.78 is 2.17. The predicted octanol–water partition coefficient (Wildman–Crippen LogP) is 3.57. The van der Waals surface area contributed by atoms with Gasteiger partial charge >= 0.3 is 0 Å². The number of amides is 1. The Hall–Kier alpha value is -2.43. The molecule has 1 unspecified atom stereocenters. The second kappa shape index (κ2) is 7.64. The van der Waals surface area contributed by atoms with Crippen molar-refractivity contribution in [2.45, 2.75) is 59.0 Å². The van der Waals surface area contributed by atoms with Gasteiger partial charge < -0.3 is 9.88 Å². The molecule has 2 aromatic heterocycles. The van der Waals surface area contributed by atoms with Crippen LogP contribution in [0.3, 0.4) is 0 Å². The van der Waals surface area contributed by atoms with Crippen LogP contribution in [-0.4, -0.2) is 26.5 Å². The van der Waals surface area contributed by atoms with Crippen molar-refractivity contribution >= 4 is 5.91 Å². The van der Waals surface area contributed by atoms with Crippen molar-refractivity contribution in [3.63, 3.8) is 0 Å². The summed E-state index contributed by atoms with van der Waals surface area (Å²) in [7, 11) is 0. The first kappa shape index (κ1) is 17.4. The molecule has 1 aliphatic rings. The molecule has 0 fully saturated rings. The van der Waals surface area contributed by atoms with E-state index in [4.69, 9.17) is 0 Å². The highest BCUT2D eigenvalue weighted by Crippen LogP contribution is 2.21. The van der Waals surface area contributed by atoms with Crippen LogP contribution in [0.4, 0.5) is 0 Å². The first-order chi connectivity index (χ1) is 12.0.